The fourth-order valence-electron chi connectivity index (χ4n) is 3.48. The van der Waals surface area contributed by atoms with Crippen LogP contribution in [0.3, 0.4) is 0 Å². The van der Waals surface area contributed by atoms with Crippen LogP contribution >= 0.6 is 0 Å². The first-order valence-corrected chi connectivity index (χ1v) is 8.81. The maximum Gasteiger partial charge on any atom is 0.227 e. The number of carbonyl (C=O) groups excluding carboxylic acids is 1. The number of carbonyl (C=O) groups is 1. The van der Waals surface area contributed by atoms with Crippen molar-refractivity contribution >= 4 is 5.91 Å². The number of aliphatic hydroxyl groups excluding tert-OH is 1. The molecule has 2 N–H and O–H groups in total. The number of hydrogen-bond acceptors (Lipinski definition) is 3. The first kappa shape index (κ1) is 18.0. The Kier molecular flexibility index (Phi) is 6.60. The van der Waals surface area contributed by atoms with E-state index in [0.717, 1.165) is 38.9 Å². The lowest BCUT2D eigenvalue weighted by atomic mass is 9.82. The first-order chi connectivity index (χ1) is 11.1. The Morgan fingerprint density at radius 2 is 2.00 bits per heavy atom. The van der Waals surface area contributed by atoms with Crippen molar-refractivity contribution in [3.05, 3.63) is 35.9 Å². The number of benzene rings is 1. The summed E-state index contributed by atoms with van der Waals surface area (Å²) < 4.78 is 0. The monoisotopic (exact) mass is 318 g/mol. The molecule has 1 atom stereocenters. The van der Waals surface area contributed by atoms with Gasteiger partial charge in [-0.3, -0.25) is 9.69 Å². The Balaban J connectivity index is 2.02. The van der Waals surface area contributed by atoms with Crippen molar-refractivity contribution < 1.29 is 9.90 Å². The molecule has 1 amide bonds. The molecule has 0 aromatic heterocycles. The minimum atomic E-state index is -0.438. The number of nitrogens with one attached hydrogen (secondary N) is 1. The van der Waals surface area contributed by atoms with E-state index in [4.69, 9.17) is 0 Å². The summed E-state index contributed by atoms with van der Waals surface area (Å²) in [6.07, 6.45) is 3.27. The SMILES string of the molecule is CCC(CC)NC(=O)C1(CCO)CCN(Cc2ccccc2)C1. The number of aliphatic hydroxyl groups is 1. The third kappa shape index (κ3) is 4.55. The molecule has 1 aromatic carbocycles. The zero-order valence-corrected chi connectivity index (χ0v) is 14.4. The highest BCUT2D eigenvalue weighted by Crippen LogP contribution is 2.35. The molecule has 1 aromatic rings. The van der Waals surface area contributed by atoms with Crippen LogP contribution in [-0.4, -0.2) is 41.7 Å². The highest BCUT2D eigenvalue weighted by Gasteiger charge is 2.44. The molecule has 1 unspecified atom stereocenters. The summed E-state index contributed by atoms with van der Waals surface area (Å²) in [6, 6.07) is 10.6. The number of rotatable bonds is 8. The molecule has 1 aliphatic heterocycles. The van der Waals surface area contributed by atoms with Gasteiger partial charge in [0.2, 0.25) is 5.91 Å². The molecule has 4 nitrogen and oxygen atoms in total. The van der Waals surface area contributed by atoms with E-state index < -0.39 is 5.41 Å². The average Bonchev–Trinajstić information content (AvgIpc) is 2.97. The topological polar surface area (TPSA) is 52.6 Å². The minimum Gasteiger partial charge on any atom is -0.396 e. The van der Waals surface area contributed by atoms with Crippen molar-refractivity contribution in [2.24, 2.45) is 5.41 Å². The van der Waals surface area contributed by atoms with E-state index in [1.807, 2.05) is 18.2 Å². The van der Waals surface area contributed by atoms with Crippen LogP contribution in [0.2, 0.25) is 0 Å². The molecule has 128 valence electrons. The van der Waals surface area contributed by atoms with E-state index in [1.54, 1.807) is 0 Å². The first-order valence-electron chi connectivity index (χ1n) is 8.81. The Morgan fingerprint density at radius 3 is 2.61 bits per heavy atom. The third-order valence-corrected chi connectivity index (χ3v) is 5.07. The maximum absolute atomic E-state index is 12.8. The summed E-state index contributed by atoms with van der Waals surface area (Å²) in [5, 5.41) is 12.7. The molecule has 0 aliphatic carbocycles. The molecular formula is C19H30N2O2. The van der Waals surface area contributed by atoms with Crippen LogP contribution < -0.4 is 5.32 Å². The van der Waals surface area contributed by atoms with E-state index in [9.17, 15) is 9.90 Å². The van der Waals surface area contributed by atoms with Gasteiger partial charge in [0, 0.05) is 25.7 Å². The third-order valence-electron chi connectivity index (χ3n) is 5.07. The molecule has 0 radical (unpaired) electrons. The highest BCUT2D eigenvalue weighted by molar-refractivity contribution is 5.83. The van der Waals surface area contributed by atoms with Crippen LogP contribution in [-0.2, 0) is 11.3 Å². The molecule has 1 fully saturated rings. The average molecular weight is 318 g/mol. The Bertz CT molecular complexity index is 487. The smallest absolute Gasteiger partial charge is 0.227 e. The predicted octanol–water partition coefficient (Wildman–Crippen LogP) is 2.57. The van der Waals surface area contributed by atoms with Crippen molar-refractivity contribution in [3.63, 3.8) is 0 Å². The van der Waals surface area contributed by atoms with Gasteiger partial charge in [0.15, 0.2) is 0 Å². The fourth-order valence-corrected chi connectivity index (χ4v) is 3.48. The van der Waals surface area contributed by atoms with Gasteiger partial charge in [-0.15, -0.1) is 0 Å². The van der Waals surface area contributed by atoms with E-state index in [-0.39, 0.29) is 18.6 Å². The minimum absolute atomic E-state index is 0.0650. The molecule has 1 heterocycles. The largest absolute Gasteiger partial charge is 0.396 e. The van der Waals surface area contributed by atoms with E-state index in [1.165, 1.54) is 5.56 Å². The molecule has 1 saturated heterocycles. The maximum atomic E-state index is 12.8. The normalized spacial score (nSPS) is 21.7. The molecular weight excluding hydrogens is 288 g/mol. The van der Waals surface area contributed by atoms with Gasteiger partial charge in [-0.05, 0) is 37.8 Å². The standard InChI is InChI=1S/C19H30N2O2/c1-3-17(4-2)20-18(23)19(11-13-22)10-12-21(15-19)14-16-8-6-5-7-9-16/h5-9,17,22H,3-4,10-15H2,1-2H3,(H,20,23). The molecule has 4 heteroatoms. The lowest BCUT2D eigenvalue weighted by molar-refractivity contribution is -0.132. The summed E-state index contributed by atoms with van der Waals surface area (Å²) >= 11 is 0. The lowest BCUT2D eigenvalue weighted by Gasteiger charge is -2.30. The molecule has 0 saturated carbocycles. The van der Waals surface area contributed by atoms with Gasteiger partial charge in [0.05, 0.1) is 5.41 Å². The van der Waals surface area contributed by atoms with Gasteiger partial charge in [-0.25, -0.2) is 0 Å². The van der Waals surface area contributed by atoms with E-state index in [2.05, 4.69) is 36.2 Å². The van der Waals surface area contributed by atoms with E-state index in [0.29, 0.717) is 6.42 Å². The van der Waals surface area contributed by atoms with Crippen LogP contribution in [0.5, 0.6) is 0 Å². The second-order valence-corrected chi connectivity index (χ2v) is 6.69. The van der Waals surface area contributed by atoms with Crippen molar-refractivity contribution in [1.82, 2.24) is 10.2 Å². The van der Waals surface area contributed by atoms with Gasteiger partial charge in [0.1, 0.15) is 0 Å². The summed E-state index contributed by atoms with van der Waals surface area (Å²) in [4.78, 5) is 15.2. The van der Waals surface area contributed by atoms with Crippen molar-refractivity contribution in [3.8, 4) is 0 Å². The van der Waals surface area contributed by atoms with Crippen molar-refractivity contribution in [2.45, 2.75) is 52.1 Å². The van der Waals surface area contributed by atoms with Crippen LogP contribution in [0.4, 0.5) is 0 Å². The molecule has 1 aliphatic rings. The summed E-state index contributed by atoms with van der Waals surface area (Å²) in [7, 11) is 0. The van der Waals surface area contributed by atoms with Gasteiger partial charge < -0.3 is 10.4 Å². The van der Waals surface area contributed by atoms with E-state index >= 15 is 0 Å². The van der Waals surface area contributed by atoms with Gasteiger partial charge >= 0.3 is 0 Å². The highest BCUT2D eigenvalue weighted by atomic mass is 16.3. The van der Waals surface area contributed by atoms with Crippen molar-refractivity contribution in [1.29, 1.82) is 0 Å². The molecule has 2 rings (SSSR count). The zero-order chi connectivity index (χ0) is 16.7. The number of hydrogen-bond donors (Lipinski definition) is 2. The molecule has 0 spiro atoms. The van der Waals surface area contributed by atoms with Gasteiger partial charge in [-0.2, -0.15) is 0 Å². The molecule has 23 heavy (non-hydrogen) atoms. The molecule has 0 bridgehead atoms. The van der Waals surface area contributed by atoms with Gasteiger partial charge in [-0.1, -0.05) is 44.2 Å². The lowest BCUT2D eigenvalue weighted by Crippen LogP contribution is -2.47. The number of likely N-dealkylation sites (tertiary alicyclic amines) is 1. The second kappa shape index (κ2) is 8.46. The predicted molar refractivity (Wildman–Crippen MR) is 93.0 cm³/mol. The van der Waals surface area contributed by atoms with Crippen LogP contribution in [0.1, 0.15) is 45.1 Å². The second-order valence-electron chi connectivity index (χ2n) is 6.69. The van der Waals surface area contributed by atoms with Crippen LogP contribution in [0.25, 0.3) is 0 Å². The zero-order valence-electron chi connectivity index (χ0n) is 14.4. The van der Waals surface area contributed by atoms with Crippen LogP contribution in [0.15, 0.2) is 30.3 Å². The summed E-state index contributed by atoms with van der Waals surface area (Å²) in [5.74, 6) is 0.121. The Labute approximate surface area is 139 Å². The Morgan fingerprint density at radius 1 is 1.30 bits per heavy atom. The summed E-state index contributed by atoms with van der Waals surface area (Å²) in [5.41, 5.74) is 0.833. The Hall–Kier alpha value is -1.39. The number of nitrogens with zero attached hydrogens (tertiary/aromatic N) is 1. The van der Waals surface area contributed by atoms with Gasteiger partial charge in [0.25, 0.3) is 0 Å². The van der Waals surface area contributed by atoms with Crippen LogP contribution in [0, 0.1) is 5.41 Å². The van der Waals surface area contributed by atoms with Crippen molar-refractivity contribution in [2.75, 3.05) is 19.7 Å². The fraction of sp³-hybridized carbons (Fsp3) is 0.632. The number of amides is 1. The quantitative estimate of drug-likeness (QED) is 0.774. The summed E-state index contributed by atoms with van der Waals surface area (Å²) in [6.45, 7) is 6.77.